The van der Waals surface area contributed by atoms with Crippen molar-refractivity contribution in [2.75, 3.05) is 12.0 Å². The topological polar surface area (TPSA) is 68.3 Å². The Kier molecular flexibility index (Phi) is 141. The monoisotopic (exact) mass is 1880 g/mol. The van der Waals surface area contributed by atoms with Gasteiger partial charge >= 0.3 is 0 Å². The molecular formula is C87H178O4S2Y6-12. The van der Waals surface area contributed by atoms with Crippen molar-refractivity contribution >= 4 is 19.7 Å². The van der Waals surface area contributed by atoms with Crippen LogP contribution in [-0.4, -0.2) is 38.3 Å². The zero-order chi connectivity index (χ0) is 77.4. The van der Waals surface area contributed by atoms with Gasteiger partial charge in [-0.3, -0.25) is 26.3 Å². The predicted octanol–water partition coefficient (Wildman–Crippen LogP) is 29.7. The maximum absolute atomic E-state index is 11.0. The van der Waals surface area contributed by atoms with E-state index in [2.05, 4.69) is 353 Å². The first-order valence-electron chi connectivity index (χ1n) is 31.8. The Hall–Kier alpha value is 3.66. The van der Waals surface area contributed by atoms with Crippen molar-refractivity contribution in [3.05, 3.63) is 181 Å². The molecule has 0 rings (SSSR count). The summed E-state index contributed by atoms with van der Waals surface area (Å²) in [5.74, 6) is 0.233. The smallest absolute Gasteiger partial charge is 0.154 e. The summed E-state index contributed by atoms with van der Waals surface area (Å²) in [5, 5.41) is 0. The summed E-state index contributed by atoms with van der Waals surface area (Å²) in [4.78, 5) is 0. The Morgan fingerprint density at radius 1 is 0.313 bits per heavy atom. The number of allylic oxidation sites excluding steroid dienone is 10. The van der Waals surface area contributed by atoms with Gasteiger partial charge in [-0.2, -0.15) is 35.5 Å². The van der Waals surface area contributed by atoms with Crippen LogP contribution in [0.5, 0.6) is 0 Å². The fourth-order valence-electron chi connectivity index (χ4n) is 1.49. The summed E-state index contributed by atoms with van der Waals surface area (Å²) in [5.41, 5.74) is 9.48. The van der Waals surface area contributed by atoms with Crippen LogP contribution in [0.2, 0.25) is 0 Å². The fraction of sp³-hybridized carbons (Fsp3) is 0.678. The maximum atomic E-state index is 11.0. The van der Waals surface area contributed by atoms with Crippen LogP contribution in [0.4, 0.5) is 0 Å². The van der Waals surface area contributed by atoms with E-state index in [1.54, 1.807) is 62.3 Å². The van der Waals surface area contributed by atoms with Gasteiger partial charge in [0.1, 0.15) is 0 Å². The van der Waals surface area contributed by atoms with Gasteiger partial charge in [0.05, 0.1) is 9.49 Å². The van der Waals surface area contributed by atoms with Crippen LogP contribution in [0.1, 0.15) is 311 Å². The van der Waals surface area contributed by atoms with Crippen molar-refractivity contribution in [2.24, 2.45) is 54.1 Å². The maximum Gasteiger partial charge on any atom is 0.154 e. The van der Waals surface area contributed by atoms with Gasteiger partial charge in [0.25, 0.3) is 0 Å². The Balaban J connectivity index is -0.0000000278. The van der Waals surface area contributed by atoms with Gasteiger partial charge in [-0.1, -0.05) is 277 Å². The molecule has 99 heavy (non-hydrogen) atoms. The normalized spacial score (nSPS) is 10.3. The third-order valence-electron chi connectivity index (χ3n) is 12.2. The summed E-state index contributed by atoms with van der Waals surface area (Å²) in [7, 11) is -5.68. The molecule has 0 aromatic carbocycles. The summed E-state index contributed by atoms with van der Waals surface area (Å²) < 4.78 is 42.2. The van der Waals surface area contributed by atoms with E-state index in [9.17, 15) is 16.8 Å². The summed E-state index contributed by atoms with van der Waals surface area (Å²) in [6.45, 7) is 138. The molecule has 0 heterocycles. The largest absolute Gasteiger partial charge is 0.498 e. The average molecular weight is 1890 g/mol. The molecule has 0 fully saturated rings. The Bertz CT molecular complexity index is 1900. The number of hydrogen-bond acceptors (Lipinski definition) is 4. The van der Waals surface area contributed by atoms with Crippen LogP contribution in [0.15, 0.2) is 99.2 Å². The van der Waals surface area contributed by atoms with Crippen LogP contribution in [0.25, 0.3) is 0 Å². The first-order valence-corrected chi connectivity index (χ1v) is 35.3. The first-order chi connectivity index (χ1) is 38.0. The van der Waals surface area contributed by atoms with Crippen molar-refractivity contribution in [1.29, 1.82) is 0 Å². The molecule has 0 saturated carbocycles. The number of hydrogen-bond donors (Lipinski definition) is 0. The van der Waals surface area contributed by atoms with E-state index in [-0.39, 0.29) is 264 Å². The molecule has 0 aliphatic heterocycles. The second-order valence-electron chi connectivity index (χ2n) is 33.8. The molecule has 0 aliphatic carbocycles. The van der Waals surface area contributed by atoms with Crippen LogP contribution in [-0.2, 0) is 216 Å². The molecule has 0 aliphatic rings. The van der Waals surface area contributed by atoms with E-state index < -0.39 is 29.2 Å². The van der Waals surface area contributed by atoms with Crippen LogP contribution < -0.4 is 0 Å². The Morgan fingerprint density at radius 2 is 0.414 bits per heavy atom. The number of rotatable bonds is 3. The first kappa shape index (κ1) is 171. The molecule has 0 aromatic heterocycles. The van der Waals surface area contributed by atoms with E-state index >= 15 is 0 Å². The molecule has 0 amide bonds. The molecule has 6 radical (unpaired) electrons. The summed E-state index contributed by atoms with van der Waals surface area (Å²) in [6, 6.07) is 0. The Labute approximate surface area is 788 Å². The zero-order valence-corrected chi connectivity index (χ0v) is 95.6. The van der Waals surface area contributed by atoms with E-state index in [0.717, 1.165) is 24.0 Å². The number of sulfone groups is 2. The van der Waals surface area contributed by atoms with Crippen molar-refractivity contribution in [1.82, 2.24) is 0 Å². The van der Waals surface area contributed by atoms with Crippen LogP contribution >= 0.6 is 0 Å². The molecule has 0 bridgehead atoms. The fourth-order valence-corrected chi connectivity index (χ4v) is 2.36. The third kappa shape index (κ3) is 172. The van der Waals surface area contributed by atoms with Gasteiger partial charge in [0.15, 0.2) is 19.7 Å². The zero-order valence-electron chi connectivity index (χ0n) is 76.9. The summed E-state index contributed by atoms with van der Waals surface area (Å²) in [6.07, 6.45) is 14.9. The van der Waals surface area contributed by atoms with Gasteiger partial charge in [0.2, 0.25) is 0 Å². The molecule has 12 heteroatoms. The van der Waals surface area contributed by atoms with E-state index in [4.69, 9.17) is 0 Å². The second-order valence-corrected chi connectivity index (χ2v) is 39.6. The van der Waals surface area contributed by atoms with Gasteiger partial charge < -0.3 is 67.9 Å². The van der Waals surface area contributed by atoms with Crippen molar-refractivity contribution < 1.29 is 213 Å². The minimum atomic E-state index is -2.84. The molecular weight excluding hydrogens is 1710 g/mol. The predicted molar refractivity (Wildman–Crippen MR) is 449 cm³/mol. The molecule has 592 valence electrons. The van der Waals surface area contributed by atoms with Crippen LogP contribution in [0, 0.1) is 136 Å². The van der Waals surface area contributed by atoms with Gasteiger partial charge in [-0.05, 0) is 101 Å². The van der Waals surface area contributed by atoms with Gasteiger partial charge in [-0.15, -0.1) is 0 Å². The molecule has 0 aromatic rings. The van der Waals surface area contributed by atoms with E-state index in [1.807, 2.05) is 0 Å². The third-order valence-corrected chi connectivity index (χ3v) is 17.1. The van der Waals surface area contributed by atoms with Gasteiger partial charge in [0, 0.05) is 208 Å². The Morgan fingerprint density at radius 3 is 0.414 bits per heavy atom. The standard InChI is InChI=1S/2C8H16.2C7H14.2C7H13.C6H14O2S.4C6H11.C5H12O2S.2C2H5.4CH3.6Y/c2*1-6-7(2)8(3,4)5;4*1-6(2)7(3,4)5;1-5-9(7,8)6(2,3)4;4*1-5-6(2,3)4;1-5(2,3)8(4,6)7;2*1-2;;;;;;;;;;/h2*2,6H2,1,3-5H3;2*1H2,2-5H3;2*1-2H2,3-5H3;5H2,1-4H3;4*1H2,2-4H3;1-4H3;2*1H2,2H3;4*1H3;;;;;;/q;;;;2*-1;;4*-1;;6*-1;;;;;;. The molecule has 0 atom stereocenters. The SMILES string of the molecule is C=C(C)C(C)(C)C.C=C(C)C(C)(C)C.C=C(CC)C(C)(C)C.C=C(CC)C(C)(C)C.C=C([CH2-])C(C)(C)C.C=C([CH2-])C(C)(C)C.C=[C-]C(C)(C)C.C=[C-]C(C)(C)C.C=[C-]C(C)(C)C.C=[C-]C(C)(C)C.CC(C)(C)S(C)(=O)=O.CCS(=O)(=O)C(C)(C)C.[CH2-]C.[CH2-]C.[CH3-].[CH3-].[CH3-].[CH3-].[Y].[Y].[Y].[Y].[Y].[Y]. The second kappa shape index (κ2) is 81.2. The average Bonchev–Trinajstić information content (AvgIpc) is 3.30. The molecule has 0 saturated heterocycles. The summed E-state index contributed by atoms with van der Waals surface area (Å²) >= 11 is 0. The van der Waals surface area contributed by atoms with E-state index in [1.165, 1.54) is 28.5 Å². The van der Waals surface area contributed by atoms with Crippen molar-refractivity contribution in [2.45, 2.75) is 320 Å². The molecule has 0 spiro atoms. The quantitative estimate of drug-likeness (QED) is 0.209. The van der Waals surface area contributed by atoms with Crippen molar-refractivity contribution in [3.8, 4) is 0 Å². The van der Waals surface area contributed by atoms with Crippen molar-refractivity contribution in [3.63, 3.8) is 0 Å². The minimum absolute atomic E-state index is 0. The van der Waals surface area contributed by atoms with Gasteiger partial charge in [-0.25, -0.2) is 55.0 Å². The molecule has 0 unspecified atom stereocenters. The van der Waals surface area contributed by atoms with E-state index in [0.29, 0.717) is 21.7 Å². The molecule has 4 nitrogen and oxygen atoms in total. The molecule has 0 N–H and O–H groups in total. The minimum Gasteiger partial charge on any atom is -0.498 e. The van der Waals surface area contributed by atoms with Crippen LogP contribution in [0.3, 0.4) is 0 Å².